The standard InChI is InChI=1S/C12H19FN4/c1-9-11(13)12(16-8-15-9)17(2)10-4-3-6-14-7-5-10/h8,10,14H,3-7H2,1-2H3. The van der Waals surface area contributed by atoms with E-state index in [0.29, 0.717) is 17.6 Å². The lowest BCUT2D eigenvalue weighted by molar-refractivity contribution is 0.536. The minimum Gasteiger partial charge on any atom is -0.354 e. The summed E-state index contributed by atoms with van der Waals surface area (Å²) >= 11 is 0. The van der Waals surface area contributed by atoms with E-state index in [1.54, 1.807) is 6.92 Å². The number of nitrogens with one attached hydrogen (secondary N) is 1. The molecule has 1 atom stereocenters. The number of hydrogen-bond acceptors (Lipinski definition) is 4. The predicted molar refractivity (Wildman–Crippen MR) is 65.6 cm³/mol. The van der Waals surface area contributed by atoms with Crippen LogP contribution in [-0.4, -0.2) is 36.1 Å². The van der Waals surface area contributed by atoms with E-state index >= 15 is 0 Å². The average Bonchev–Trinajstić information content (AvgIpc) is 2.60. The van der Waals surface area contributed by atoms with Crippen molar-refractivity contribution >= 4 is 5.82 Å². The first-order valence-corrected chi connectivity index (χ1v) is 6.11. The van der Waals surface area contributed by atoms with Gasteiger partial charge in [-0.15, -0.1) is 0 Å². The van der Waals surface area contributed by atoms with E-state index < -0.39 is 0 Å². The summed E-state index contributed by atoms with van der Waals surface area (Å²) in [5, 5.41) is 3.36. The SMILES string of the molecule is Cc1ncnc(N(C)C2CCCNCC2)c1F. The molecular weight excluding hydrogens is 219 g/mol. The van der Waals surface area contributed by atoms with Crippen LogP contribution in [0.25, 0.3) is 0 Å². The quantitative estimate of drug-likeness (QED) is 0.848. The van der Waals surface area contributed by atoms with Crippen LogP contribution in [-0.2, 0) is 0 Å². The Bertz CT molecular complexity index is 375. The molecule has 0 spiro atoms. The minimum atomic E-state index is -0.299. The molecule has 17 heavy (non-hydrogen) atoms. The van der Waals surface area contributed by atoms with Crippen LogP contribution < -0.4 is 10.2 Å². The molecule has 5 heteroatoms. The van der Waals surface area contributed by atoms with Crippen LogP contribution in [0, 0.1) is 12.7 Å². The maximum atomic E-state index is 13.9. The highest BCUT2D eigenvalue weighted by Gasteiger charge is 2.21. The lowest BCUT2D eigenvalue weighted by Crippen LogP contribution is -2.34. The van der Waals surface area contributed by atoms with Crippen LogP contribution in [0.15, 0.2) is 6.33 Å². The summed E-state index contributed by atoms with van der Waals surface area (Å²) in [6.07, 6.45) is 4.66. The van der Waals surface area contributed by atoms with E-state index in [-0.39, 0.29) is 5.82 Å². The normalized spacial score (nSPS) is 21.0. The number of anilines is 1. The van der Waals surface area contributed by atoms with Gasteiger partial charge in [0.1, 0.15) is 6.33 Å². The van der Waals surface area contributed by atoms with Gasteiger partial charge in [0.05, 0.1) is 5.69 Å². The maximum Gasteiger partial charge on any atom is 0.186 e. The van der Waals surface area contributed by atoms with Gasteiger partial charge in [0, 0.05) is 13.1 Å². The number of nitrogens with zero attached hydrogens (tertiary/aromatic N) is 3. The van der Waals surface area contributed by atoms with Gasteiger partial charge < -0.3 is 10.2 Å². The maximum absolute atomic E-state index is 13.9. The molecule has 0 radical (unpaired) electrons. The molecule has 1 aromatic rings. The van der Waals surface area contributed by atoms with Gasteiger partial charge >= 0.3 is 0 Å². The van der Waals surface area contributed by atoms with Crippen LogP contribution in [0.4, 0.5) is 10.2 Å². The Morgan fingerprint density at radius 2 is 2.18 bits per heavy atom. The number of hydrogen-bond donors (Lipinski definition) is 1. The predicted octanol–water partition coefficient (Wildman–Crippen LogP) is 1.50. The van der Waals surface area contributed by atoms with Crippen LogP contribution in [0.2, 0.25) is 0 Å². The summed E-state index contributed by atoms with van der Waals surface area (Å²) < 4.78 is 13.9. The third-order valence-corrected chi connectivity index (χ3v) is 3.37. The Morgan fingerprint density at radius 3 is 3.00 bits per heavy atom. The van der Waals surface area contributed by atoms with E-state index in [1.165, 1.54) is 6.33 Å². The number of aromatic nitrogens is 2. The first-order chi connectivity index (χ1) is 8.20. The summed E-state index contributed by atoms with van der Waals surface area (Å²) in [7, 11) is 1.92. The fraction of sp³-hybridized carbons (Fsp3) is 0.667. The van der Waals surface area contributed by atoms with Crippen molar-refractivity contribution < 1.29 is 4.39 Å². The molecule has 2 heterocycles. The summed E-state index contributed by atoms with van der Waals surface area (Å²) in [6.45, 7) is 3.71. The molecule has 1 saturated heterocycles. The molecule has 1 fully saturated rings. The first kappa shape index (κ1) is 12.2. The fourth-order valence-electron chi connectivity index (χ4n) is 2.25. The monoisotopic (exact) mass is 238 g/mol. The molecular formula is C12H19FN4. The summed E-state index contributed by atoms with van der Waals surface area (Å²) in [4.78, 5) is 9.88. The second kappa shape index (κ2) is 5.40. The third-order valence-electron chi connectivity index (χ3n) is 3.37. The molecule has 0 amide bonds. The molecule has 0 aliphatic carbocycles. The smallest absolute Gasteiger partial charge is 0.186 e. The summed E-state index contributed by atoms with van der Waals surface area (Å²) in [5.41, 5.74) is 0.411. The lowest BCUT2D eigenvalue weighted by atomic mass is 10.1. The third kappa shape index (κ3) is 2.72. The minimum absolute atomic E-state index is 0.299. The second-order valence-corrected chi connectivity index (χ2v) is 4.54. The topological polar surface area (TPSA) is 41.1 Å². The molecule has 1 aromatic heterocycles. The van der Waals surface area contributed by atoms with Gasteiger partial charge in [0.25, 0.3) is 0 Å². The zero-order valence-electron chi connectivity index (χ0n) is 10.4. The van der Waals surface area contributed by atoms with Crippen molar-refractivity contribution in [3.8, 4) is 0 Å². The number of aryl methyl sites for hydroxylation is 1. The van der Waals surface area contributed by atoms with Gasteiger partial charge in [0.15, 0.2) is 11.6 Å². The first-order valence-electron chi connectivity index (χ1n) is 6.11. The van der Waals surface area contributed by atoms with Crippen molar-refractivity contribution in [2.45, 2.75) is 32.2 Å². The van der Waals surface area contributed by atoms with E-state index in [0.717, 1.165) is 32.4 Å². The van der Waals surface area contributed by atoms with Gasteiger partial charge in [0.2, 0.25) is 0 Å². The highest BCUT2D eigenvalue weighted by Crippen LogP contribution is 2.22. The van der Waals surface area contributed by atoms with E-state index in [2.05, 4.69) is 15.3 Å². The average molecular weight is 238 g/mol. The summed E-state index contributed by atoms with van der Waals surface area (Å²) in [5.74, 6) is 0.122. The molecule has 0 saturated carbocycles. The van der Waals surface area contributed by atoms with E-state index in [4.69, 9.17) is 0 Å². The van der Waals surface area contributed by atoms with Crippen LogP contribution >= 0.6 is 0 Å². The summed E-state index contributed by atoms with van der Waals surface area (Å²) in [6, 6.07) is 0.355. The molecule has 0 aromatic carbocycles. The number of rotatable bonds is 2. The Morgan fingerprint density at radius 1 is 1.35 bits per heavy atom. The van der Waals surface area contributed by atoms with Crippen LogP contribution in [0.1, 0.15) is 25.0 Å². The zero-order valence-corrected chi connectivity index (χ0v) is 10.4. The van der Waals surface area contributed by atoms with Crippen molar-refractivity contribution in [3.05, 3.63) is 17.8 Å². The zero-order chi connectivity index (χ0) is 12.3. The highest BCUT2D eigenvalue weighted by molar-refractivity contribution is 5.41. The Labute approximate surface area is 101 Å². The van der Waals surface area contributed by atoms with Crippen molar-refractivity contribution in [1.29, 1.82) is 0 Å². The molecule has 1 N–H and O–H groups in total. The van der Waals surface area contributed by atoms with Crippen molar-refractivity contribution in [3.63, 3.8) is 0 Å². The lowest BCUT2D eigenvalue weighted by Gasteiger charge is -2.28. The number of halogens is 1. The molecule has 94 valence electrons. The molecule has 4 nitrogen and oxygen atoms in total. The van der Waals surface area contributed by atoms with Crippen LogP contribution in [0.5, 0.6) is 0 Å². The Hall–Kier alpha value is -1.23. The van der Waals surface area contributed by atoms with Crippen molar-refractivity contribution in [1.82, 2.24) is 15.3 Å². The fourth-order valence-corrected chi connectivity index (χ4v) is 2.25. The Balaban J connectivity index is 2.17. The van der Waals surface area contributed by atoms with E-state index in [1.807, 2.05) is 11.9 Å². The van der Waals surface area contributed by atoms with E-state index in [9.17, 15) is 4.39 Å². The van der Waals surface area contributed by atoms with Gasteiger partial charge in [-0.2, -0.15) is 0 Å². The molecule has 0 bridgehead atoms. The molecule has 1 unspecified atom stereocenters. The van der Waals surface area contributed by atoms with Gasteiger partial charge in [-0.1, -0.05) is 0 Å². The van der Waals surface area contributed by atoms with Crippen molar-refractivity contribution in [2.24, 2.45) is 0 Å². The second-order valence-electron chi connectivity index (χ2n) is 4.54. The van der Waals surface area contributed by atoms with Crippen LogP contribution in [0.3, 0.4) is 0 Å². The van der Waals surface area contributed by atoms with Gasteiger partial charge in [-0.05, 0) is 39.3 Å². The Kier molecular flexibility index (Phi) is 3.89. The molecule has 2 rings (SSSR count). The molecule has 1 aliphatic rings. The van der Waals surface area contributed by atoms with Crippen molar-refractivity contribution in [2.75, 3.05) is 25.0 Å². The van der Waals surface area contributed by atoms with Gasteiger partial charge in [-0.25, -0.2) is 14.4 Å². The molecule has 1 aliphatic heterocycles. The highest BCUT2D eigenvalue weighted by atomic mass is 19.1. The largest absolute Gasteiger partial charge is 0.354 e. The van der Waals surface area contributed by atoms with Gasteiger partial charge in [-0.3, -0.25) is 0 Å².